The van der Waals surface area contributed by atoms with Gasteiger partial charge in [-0.25, -0.2) is 4.72 Å². The molecule has 1 unspecified atom stereocenters. The molecule has 18 heavy (non-hydrogen) atoms. The van der Waals surface area contributed by atoms with Crippen molar-refractivity contribution in [3.05, 3.63) is 71.8 Å². The normalized spacial score (nSPS) is 14.1. The smallest absolute Gasteiger partial charge is 0.0621 e. The van der Waals surface area contributed by atoms with E-state index in [4.69, 9.17) is 5.73 Å². The van der Waals surface area contributed by atoms with Crippen LogP contribution in [0.3, 0.4) is 0 Å². The monoisotopic (exact) mass is 370 g/mol. The Morgan fingerprint density at radius 2 is 1.39 bits per heavy atom. The summed E-state index contributed by atoms with van der Waals surface area (Å²) in [5.41, 5.74) is 8.73. The van der Waals surface area contributed by atoms with E-state index in [-0.39, 0.29) is 12.1 Å². The molecule has 2 aromatic rings. The van der Waals surface area contributed by atoms with Crippen LogP contribution in [0, 0.1) is 0 Å². The number of halogens is 1. The number of nitrogens with one attached hydrogen (secondary N) is 1. The minimum atomic E-state index is -0.0594. The van der Waals surface area contributed by atoms with Crippen molar-refractivity contribution in [3.63, 3.8) is 0 Å². The summed E-state index contributed by atoms with van der Waals surface area (Å²) in [7, 11) is 1.57. The summed E-state index contributed by atoms with van der Waals surface area (Å²) >= 11 is 2.23. The SMILES string of the molecule is N[C@H](c1ccccc1)C(NSI)c1ccccc1. The standard InChI is InChI=1S/C14H15IN2S/c15-18-17-14(12-9-5-2-6-10-12)13(16)11-7-3-1-4-8-11/h1-10,13-14,17H,16H2/t13-,14?/m1/s1. The van der Waals surface area contributed by atoms with Gasteiger partial charge in [0.25, 0.3) is 0 Å². The Bertz CT molecular complexity index is 464. The summed E-state index contributed by atoms with van der Waals surface area (Å²) in [6, 6.07) is 20.6. The van der Waals surface area contributed by atoms with Gasteiger partial charge in [0.2, 0.25) is 0 Å². The van der Waals surface area contributed by atoms with Crippen molar-refractivity contribution < 1.29 is 0 Å². The molecule has 0 aliphatic carbocycles. The third kappa shape index (κ3) is 3.47. The number of benzene rings is 2. The zero-order valence-electron chi connectivity index (χ0n) is 9.79. The first-order valence-corrected chi connectivity index (χ1v) is 9.07. The van der Waals surface area contributed by atoms with Gasteiger partial charge >= 0.3 is 0 Å². The molecular formula is C14H15IN2S. The van der Waals surface area contributed by atoms with Crippen molar-refractivity contribution in [1.82, 2.24) is 4.72 Å². The Labute approximate surface area is 124 Å². The molecule has 2 nitrogen and oxygen atoms in total. The summed E-state index contributed by atoms with van der Waals surface area (Å²) < 4.78 is 3.38. The minimum absolute atomic E-state index is 0.0594. The Balaban J connectivity index is 2.26. The fourth-order valence-electron chi connectivity index (χ4n) is 1.92. The second-order valence-electron chi connectivity index (χ2n) is 4.02. The summed E-state index contributed by atoms with van der Waals surface area (Å²) in [5.74, 6) is 0. The maximum Gasteiger partial charge on any atom is 0.0621 e. The summed E-state index contributed by atoms with van der Waals surface area (Å²) in [6.45, 7) is 0. The Kier molecular flexibility index (Phi) is 5.49. The number of nitrogens with two attached hydrogens (primary N) is 1. The molecule has 0 saturated heterocycles. The molecule has 0 amide bonds. The molecule has 2 rings (SSSR count). The Hall–Kier alpha value is -0.560. The number of hydrogen-bond donors (Lipinski definition) is 2. The molecule has 0 fully saturated rings. The van der Waals surface area contributed by atoms with Gasteiger partial charge < -0.3 is 5.73 Å². The average molecular weight is 370 g/mol. The maximum absolute atomic E-state index is 6.38. The number of hydrogen-bond acceptors (Lipinski definition) is 3. The van der Waals surface area contributed by atoms with E-state index in [1.807, 2.05) is 36.4 Å². The molecule has 0 bridgehead atoms. The molecule has 0 aliphatic heterocycles. The van der Waals surface area contributed by atoms with E-state index in [9.17, 15) is 0 Å². The lowest BCUT2D eigenvalue weighted by molar-refractivity contribution is 0.544. The van der Waals surface area contributed by atoms with Gasteiger partial charge in [-0.15, -0.1) is 0 Å². The lowest BCUT2D eigenvalue weighted by atomic mass is 9.95. The van der Waals surface area contributed by atoms with Crippen molar-refractivity contribution in [1.29, 1.82) is 0 Å². The van der Waals surface area contributed by atoms with E-state index in [1.165, 1.54) is 5.56 Å². The first-order valence-electron chi connectivity index (χ1n) is 5.71. The molecule has 0 heterocycles. The van der Waals surface area contributed by atoms with Crippen molar-refractivity contribution in [2.24, 2.45) is 5.73 Å². The number of rotatable bonds is 5. The Morgan fingerprint density at radius 3 is 1.89 bits per heavy atom. The van der Waals surface area contributed by atoms with Gasteiger partial charge in [0, 0.05) is 21.2 Å². The third-order valence-corrected chi connectivity index (χ3v) is 3.98. The van der Waals surface area contributed by atoms with Gasteiger partial charge in [-0.1, -0.05) is 60.7 Å². The predicted molar refractivity (Wildman–Crippen MR) is 87.3 cm³/mol. The van der Waals surface area contributed by atoms with Crippen molar-refractivity contribution in [2.75, 3.05) is 0 Å². The highest BCUT2D eigenvalue weighted by molar-refractivity contribution is 14.2. The quantitative estimate of drug-likeness (QED) is 0.617. The highest BCUT2D eigenvalue weighted by atomic mass is 127. The molecule has 2 atom stereocenters. The van der Waals surface area contributed by atoms with Gasteiger partial charge in [-0.2, -0.15) is 0 Å². The highest BCUT2D eigenvalue weighted by Gasteiger charge is 2.20. The van der Waals surface area contributed by atoms with Crippen LogP contribution >= 0.6 is 30.3 Å². The van der Waals surface area contributed by atoms with Crippen LogP contribution in [0.25, 0.3) is 0 Å². The molecule has 94 valence electrons. The maximum atomic E-state index is 6.38. The van der Waals surface area contributed by atoms with Gasteiger partial charge in [0.1, 0.15) is 0 Å². The lowest BCUT2D eigenvalue weighted by Crippen LogP contribution is -2.27. The predicted octanol–water partition coefficient (Wildman–Crippen LogP) is 4.02. The second-order valence-corrected chi connectivity index (χ2v) is 5.73. The molecule has 0 radical (unpaired) electrons. The lowest BCUT2D eigenvalue weighted by Gasteiger charge is -2.24. The van der Waals surface area contributed by atoms with Gasteiger partial charge in [0.15, 0.2) is 0 Å². The molecule has 0 aromatic heterocycles. The minimum Gasteiger partial charge on any atom is -0.322 e. The van der Waals surface area contributed by atoms with Crippen molar-refractivity contribution >= 4 is 30.3 Å². The fourth-order valence-corrected chi connectivity index (χ4v) is 3.13. The first-order chi connectivity index (χ1) is 8.83. The van der Waals surface area contributed by atoms with Crippen LogP contribution in [-0.2, 0) is 0 Å². The fraction of sp³-hybridized carbons (Fsp3) is 0.143. The van der Waals surface area contributed by atoms with Gasteiger partial charge in [0.05, 0.1) is 12.1 Å². The van der Waals surface area contributed by atoms with E-state index in [0.29, 0.717) is 0 Å². The summed E-state index contributed by atoms with van der Waals surface area (Å²) in [4.78, 5) is 0. The molecule has 0 aliphatic rings. The van der Waals surface area contributed by atoms with Crippen LogP contribution in [-0.4, -0.2) is 0 Å². The topological polar surface area (TPSA) is 38.0 Å². The molecule has 0 saturated carbocycles. The molecule has 3 N–H and O–H groups in total. The van der Waals surface area contributed by atoms with Crippen molar-refractivity contribution in [3.8, 4) is 0 Å². The van der Waals surface area contributed by atoms with E-state index in [1.54, 1.807) is 9.12 Å². The largest absolute Gasteiger partial charge is 0.322 e. The van der Waals surface area contributed by atoms with E-state index >= 15 is 0 Å². The zero-order valence-corrected chi connectivity index (χ0v) is 12.8. The van der Waals surface area contributed by atoms with E-state index < -0.39 is 0 Å². The van der Waals surface area contributed by atoms with E-state index in [2.05, 4.69) is 50.2 Å². The molecular weight excluding hydrogens is 355 g/mol. The van der Waals surface area contributed by atoms with Crippen LogP contribution in [0.4, 0.5) is 0 Å². The molecule has 2 aromatic carbocycles. The van der Waals surface area contributed by atoms with Gasteiger partial charge in [-0.3, -0.25) is 0 Å². The van der Waals surface area contributed by atoms with Crippen LogP contribution in [0.15, 0.2) is 60.7 Å². The van der Waals surface area contributed by atoms with Crippen LogP contribution in [0.2, 0.25) is 0 Å². The molecule has 0 spiro atoms. The highest BCUT2D eigenvalue weighted by Crippen LogP contribution is 2.29. The summed E-state index contributed by atoms with van der Waals surface area (Å²) in [6.07, 6.45) is 0. The van der Waals surface area contributed by atoms with Gasteiger partial charge in [-0.05, 0) is 20.2 Å². The third-order valence-electron chi connectivity index (χ3n) is 2.87. The van der Waals surface area contributed by atoms with Crippen LogP contribution in [0.1, 0.15) is 23.2 Å². The van der Waals surface area contributed by atoms with E-state index in [0.717, 1.165) is 5.56 Å². The Morgan fingerprint density at radius 1 is 0.889 bits per heavy atom. The van der Waals surface area contributed by atoms with Crippen LogP contribution in [0.5, 0.6) is 0 Å². The summed E-state index contributed by atoms with van der Waals surface area (Å²) in [5, 5.41) is 0. The zero-order chi connectivity index (χ0) is 12.8. The van der Waals surface area contributed by atoms with Crippen LogP contribution < -0.4 is 10.5 Å². The first kappa shape index (κ1) is 13.9. The average Bonchev–Trinajstić information content (AvgIpc) is 2.46. The second kappa shape index (κ2) is 7.13. The van der Waals surface area contributed by atoms with Crippen molar-refractivity contribution in [2.45, 2.75) is 12.1 Å². The molecule has 4 heteroatoms.